The Morgan fingerprint density at radius 2 is 1.60 bits per heavy atom. The second-order valence-corrected chi connectivity index (χ2v) is 5.00. The van der Waals surface area contributed by atoms with E-state index < -0.39 is 23.5 Å². The van der Waals surface area contributed by atoms with Crippen molar-refractivity contribution in [2.45, 2.75) is 6.04 Å². The van der Waals surface area contributed by atoms with Gasteiger partial charge < -0.3 is 5.32 Å². The van der Waals surface area contributed by atoms with E-state index in [4.69, 9.17) is 23.2 Å². The SMILES string of the molecule is CNC(c1ccc(Cl)cc1Cl)c1ccc(F)c(F)c1F. The van der Waals surface area contributed by atoms with E-state index >= 15 is 0 Å². The summed E-state index contributed by atoms with van der Waals surface area (Å²) in [6, 6.07) is 6.04. The van der Waals surface area contributed by atoms with Crippen LogP contribution in [-0.4, -0.2) is 7.05 Å². The van der Waals surface area contributed by atoms with E-state index in [1.54, 1.807) is 19.2 Å². The third kappa shape index (κ3) is 2.77. The van der Waals surface area contributed by atoms with Gasteiger partial charge in [0.15, 0.2) is 17.5 Å². The van der Waals surface area contributed by atoms with Crippen LogP contribution in [-0.2, 0) is 0 Å². The number of nitrogens with one attached hydrogen (secondary N) is 1. The molecule has 0 spiro atoms. The Morgan fingerprint density at radius 3 is 2.20 bits per heavy atom. The Kier molecular flexibility index (Phi) is 4.58. The maximum atomic E-state index is 13.9. The fourth-order valence-corrected chi connectivity index (χ4v) is 2.50. The van der Waals surface area contributed by atoms with Crippen molar-refractivity contribution in [1.82, 2.24) is 5.32 Å². The molecule has 1 nitrogen and oxygen atoms in total. The standard InChI is InChI=1S/C14H10Cl2F3N/c1-20-14(8-3-2-7(15)6-10(8)16)9-4-5-11(17)13(19)12(9)18/h2-6,14,20H,1H3. The normalized spacial score (nSPS) is 12.5. The molecule has 0 aliphatic rings. The summed E-state index contributed by atoms with van der Waals surface area (Å²) in [7, 11) is 1.57. The molecule has 0 aromatic heterocycles. The molecular formula is C14H10Cl2F3N. The van der Waals surface area contributed by atoms with Crippen molar-refractivity contribution in [2.75, 3.05) is 7.05 Å². The maximum absolute atomic E-state index is 13.9. The van der Waals surface area contributed by atoms with Gasteiger partial charge in [-0.1, -0.05) is 35.3 Å². The average molecular weight is 320 g/mol. The minimum absolute atomic E-state index is 0.0318. The zero-order valence-electron chi connectivity index (χ0n) is 10.4. The molecule has 0 bridgehead atoms. The van der Waals surface area contributed by atoms with Crippen molar-refractivity contribution in [1.29, 1.82) is 0 Å². The lowest BCUT2D eigenvalue weighted by molar-refractivity contribution is 0.435. The molecule has 0 amide bonds. The van der Waals surface area contributed by atoms with E-state index in [9.17, 15) is 13.2 Å². The second kappa shape index (κ2) is 6.04. The quantitative estimate of drug-likeness (QED) is 0.807. The second-order valence-electron chi connectivity index (χ2n) is 4.15. The largest absolute Gasteiger partial charge is 0.309 e. The van der Waals surface area contributed by atoms with E-state index in [0.29, 0.717) is 15.6 Å². The van der Waals surface area contributed by atoms with Crippen LogP contribution in [0.2, 0.25) is 10.0 Å². The highest BCUT2D eigenvalue weighted by molar-refractivity contribution is 6.35. The first-order chi connectivity index (χ1) is 9.45. The van der Waals surface area contributed by atoms with Gasteiger partial charge in [-0.3, -0.25) is 0 Å². The smallest absolute Gasteiger partial charge is 0.194 e. The Hall–Kier alpha value is -1.23. The van der Waals surface area contributed by atoms with Gasteiger partial charge in [-0.15, -0.1) is 0 Å². The van der Waals surface area contributed by atoms with Crippen molar-refractivity contribution < 1.29 is 13.2 Å². The Bertz CT molecular complexity index is 647. The number of benzene rings is 2. The van der Waals surface area contributed by atoms with Crippen LogP contribution in [0.5, 0.6) is 0 Å². The number of rotatable bonds is 3. The van der Waals surface area contributed by atoms with Crippen molar-refractivity contribution in [3.8, 4) is 0 Å². The average Bonchev–Trinajstić information content (AvgIpc) is 2.41. The summed E-state index contributed by atoms with van der Waals surface area (Å²) in [5.74, 6) is -3.98. The topological polar surface area (TPSA) is 12.0 Å². The fourth-order valence-electron chi connectivity index (χ4n) is 1.98. The third-order valence-electron chi connectivity index (χ3n) is 2.94. The zero-order valence-corrected chi connectivity index (χ0v) is 11.9. The summed E-state index contributed by atoms with van der Waals surface area (Å²) >= 11 is 11.9. The van der Waals surface area contributed by atoms with Gasteiger partial charge in [-0.2, -0.15) is 0 Å². The van der Waals surface area contributed by atoms with Gasteiger partial charge in [0.2, 0.25) is 0 Å². The molecule has 0 saturated heterocycles. The van der Waals surface area contributed by atoms with Crippen LogP contribution in [0, 0.1) is 17.5 Å². The van der Waals surface area contributed by atoms with Gasteiger partial charge in [-0.05, 0) is 30.8 Å². The van der Waals surface area contributed by atoms with Crippen LogP contribution < -0.4 is 5.32 Å². The molecule has 0 aliphatic carbocycles. The lowest BCUT2D eigenvalue weighted by Gasteiger charge is -2.19. The molecule has 106 valence electrons. The molecule has 1 N–H and O–H groups in total. The molecular weight excluding hydrogens is 310 g/mol. The lowest BCUT2D eigenvalue weighted by Crippen LogP contribution is -2.20. The van der Waals surface area contributed by atoms with E-state index in [0.717, 1.165) is 6.07 Å². The van der Waals surface area contributed by atoms with E-state index in [-0.39, 0.29) is 5.56 Å². The summed E-state index contributed by atoms with van der Waals surface area (Å²) in [4.78, 5) is 0. The summed E-state index contributed by atoms with van der Waals surface area (Å²) in [6.45, 7) is 0. The van der Waals surface area contributed by atoms with Crippen LogP contribution in [0.1, 0.15) is 17.2 Å². The highest BCUT2D eigenvalue weighted by Gasteiger charge is 2.22. The molecule has 6 heteroatoms. The third-order valence-corrected chi connectivity index (χ3v) is 3.50. The van der Waals surface area contributed by atoms with E-state index in [1.807, 2.05) is 0 Å². The van der Waals surface area contributed by atoms with Gasteiger partial charge in [-0.25, -0.2) is 13.2 Å². The molecule has 2 aromatic rings. The number of hydrogen-bond donors (Lipinski definition) is 1. The van der Waals surface area contributed by atoms with E-state index in [2.05, 4.69) is 5.32 Å². The van der Waals surface area contributed by atoms with E-state index in [1.165, 1.54) is 12.1 Å². The number of hydrogen-bond acceptors (Lipinski definition) is 1. The molecule has 1 atom stereocenters. The number of halogens is 5. The maximum Gasteiger partial charge on any atom is 0.194 e. The van der Waals surface area contributed by atoms with Crippen LogP contribution in [0.25, 0.3) is 0 Å². The van der Waals surface area contributed by atoms with Crippen molar-refractivity contribution >= 4 is 23.2 Å². The van der Waals surface area contributed by atoms with Crippen LogP contribution >= 0.6 is 23.2 Å². The Labute approximate surface area is 124 Å². The molecule has 1 unspecified atom stereocenters. The first-order valence-electron chi connectivity index (χ1n) is 5.71. The molecule has 0 fully saturated rings. The van der Waals surface area contributed by atoms with Gasteiger partial charge in [0.05, 0.1) is 6.04 Å². The lowest BCUT2D eigenvalue weighted by atomic mass is 9.98. The molecule has 2 rings (SSSR count). The minimum Gasteiger partial charge on any atom is -0.309 e. The predicted molar refractivity (Wildman–Crippen MR) is 73.7 cm³/mol. The Morgan fingerprint density at radius 1 is 0.950 bits per heavy atom. The highest BCUT2D eigenvalue weighted by Crippen LogP contribution is 2.32. The summed E-state index contributed by atoms with van der Waals surface area (Å²) in [5.41, 5.74) is 0.485. The predicted octanol–water partition coefficient (Wildman–Crippen LogP) is 4.72. The summed E-state index contributed by atoms with van der Waals surface area (Å²) in [6.07, 6.45) is 0. The monoisotopic (exact) mass is 319 g/mol. The Balaban J connectivity index is 2.55. The van der Waals surface area contributed by atoms with Gasteiger partial charge in [0, 0.05) is 15.6 Å². The fraction of sp³-hybridized carbons (Fsp3) is 0.143. The molecule has 2 aromatic carbocycles. The molecule has 0 saturated carbocycles. The van der Waals surface area contributed by atoms with Crippen molar-refractivity contribution in [3.63, 3.8) is 0 Å². The molecule has 0 heterocycles. The van der Waals surface area contributed by atoms with Gasteiger partial charge >= 0.3 is 0 Å². The molecule has 20 heavy (non-hydrogen) atoms. The summed E-state index contributed by atoms with van der Waals surface area (Å²) in [5, 5.41) is 3.56. The first kappa shape index (κ1) is 15.2. The minimum atomic E-state index is -1.51. The van der Waals surface area contributed by atoms with Gasteiger partial charge in [0.25, 0.3) is 0 Å². The van der Waals surface area contributed by atoms with Crippen LogP contribution in [0.15, 0.2) is 30.3 Å². The molecule has 0 radical (unpaired) electrons. The first-order valence-corrected chi connectivity index (χ1v) is 6.47. The van der Waals surface area contributed by atoms with Crippen molar-refractivity contribution in [2.24, 2.45) is 0 Å². The van der Waals surface area contributed by atoms with Crippen molar-refractivity contribution in [3.05, 3.63) is 69.0 Å². The highest BCUT2D eigenvalue weighted by atomic mass is 35.5. The summed E-state index contributed by atoms with van der Waals surface area (Å²) < 4.78 is 40.2. The van der Waals surface area contributed by atoms with Crippen LogP contribution in [0.4, 0.5) is 13.2 Å². The van der Waals surface area contributed by atoms with Gasteiger partial charge in [0.1, 0.15) is 0 Å². The zero-order chi connectivity index (χ0) is 14.9. The molecule has 0 aliphatic heterocycles. The van der Waals surface area contributed by atoms with Crippen LogP contribution in [0.3, 0.4) is 0 Å².